The van der Waals surface area contributed by atoms with E-state index < -0.39 is 12.1 Å². The normalized spacial score (nSPS) is 17.4. The van der Waals surface area contributed by atoms with E-state index in [1.165, 1.54) is 0 Å². The third-order valence-corrected chi connectivity index (χ3v) is 2.23. The Balaban J connectivity index is 3.65. The number of aliphatic hydroxyl groups is 2. The molecule has 84 valence electrons. The molecule has 0 aliphatic heterocycles. The van der Waals surface area contributed by atoms with Crippen molar-refractivity contribution in [2.75, 3.05) is 13.2 Å². The molecule has 14 heavy (non-hydrogen) atoms. The van der Waals surface area contributed by atoms with Gasteiger partial charge in [0.2, 0.25) is 0 Å². The molecule has 0 saturated carbocycles. The van der Waals surface area contributed by atoms with E-state index in [-0.39, 0.29) is 31.5 Å². The average Bonchev–Trinajstić information content (AvgIpc) is 2.11. The Bertz CT molecular complexity index is 174. The van der Waals surface area contributed by atoms with Crippen molar-refractivity contribution in [1.82, 2.24) is 5.32 Å². The molecule has 0 fully saturated rings. The maximum absolute atomic E-state index is 10.2. The van der Waals surface area contributed by atoms with Crippen molar-refractivity contribution in [3.63, 3.8) is 0 Å². The lowest BCUT2D eigenvalue weighted by Gasteiger charge is -2.20. The predicted octanol–water partition coefficient (Wildman–Crippen LogP) is -0.571. The van der Waals surface area contributed by atoms with Gasteiger partial charge in [-0.05, 0) is 12.8 Å². The molecule has 5 heteroatoms. The summed E-state index contributed by atoms with van der Waals surface area (Å²) in [4.78, 5) is 10.2. The van der Waals surface area contributed by atoms with Crippen LogP contribution in [-0.2, 0) is 4.79 Å². The molecular weight excluding hydrogens is 186 g/mol. The first-order valence-corrected chi connectivity index (χ1v) is 4.71. The van der Waals surface area contributed by atoms with Crippen molar-refractivity contribution >= 4 is 5.97 Å². The standard InChI is InChI=1S/C9H19NO4/c1-6(5-11)7(2)10-4-8(12)3-9(13)14/h6-8,10-12H,3-5H2,1-2H3,(H,13,14). The SMILES string of the molecule is CC(CO)C(C)NCC(O)CC(=O)O. The Morgan fingerprint density at radius 3 is 2.43 bits per heavy atom. The first-order valence-electron chi connectivity index (χ1n) is 4.71. The average molecular weight is 205 g/mol. The van der Waals surface area contributed by atoms with Crippen molar-refractivity contribution in [2.24, 2.45) is 5.92 Å². The zero-order valence-corrected chi connectivity index (χ0v) is 8.60. The summed E-state index contributed by atoms with van der Waals surface area (Å²) >= 11 is 0. The summed E-state index contributed by atoms with van der Waals surface area (Å²) in [5.41, 5.74) is 0. The second-order valence-corrected chi connectivity index (χ2v) is 3.61. The third-order valence-electron chi connectivity index (χ3n) is 2.23. The molecule has 5 nitrogen and oxygen atoms in total. The van der Waals surface area contributed by atoms with E-state index >= 15 is 0 Å². The molecular formula is C9H19NO4. The number of carboxylic acid groups (broad SMARTS) is 1. The van der Waals surface area contributed by atoms with E-state index in [4.69, 9.17) is 10.2 Å². The number of aliphatic hydroxyl groups excluding tert-OH is 2. The molecule has 0 aromatic heterocycles. The van der Waals surface area contributed by atoms with E-state index in [9.17, 15) is 9.90 Å². The van der Waals surface area contributed by atoms with Crippen LogP contribution in [0.3, 0.4) is 0 Å². The molecule has 0 aromatic carbocycles. The lowest BCUT2D eigenvalue weighted by Crippen LogP contribution is -2.39. The van der Waals surface area contributed by atoms with Gasteiger partial charge in [0.25, 0.3) is 0 Å². The highest BCUT2D eigenvalue weighted by molar-refractivity contribution is 5.67. The van der Waals surface area contributed by atoms with Crippen LogP contribution in [-0.4, -0.2) is 46.6 Å². The Morgan fingerprint density at radius 1 is 1.43 bits per heavy atom. The topological polar surface area (TPSA) is 89.8 Å². The fourth-order valence-electron chi connectivity index (χ4n) is 0.955. The Morgan fingerprint density at radius 2 is 2.00 bits per heavy atom. The van der Waals surface area contributed by atoms with Gasteiger partial charge in [-0.2, -0.15) is 0 Å². The first-order chi connectivity index (χ1) is 6.47. The largest absolute Gasteiger partial charge is 0.481 e. The second kappa shape index (κ2) is 6.75. The van der Waals surface area contributed by atoms with Crippen molar-refractivity contribution in [2.45, 2.75) is 32.4 Å². The van der Waals surface area contributed by atoms with Crippen molar-refractivity contribution in [3.05, 3.63) is 0 Å². The molecule has 0 bridgehead atoms. The van der Waals surface area contributed by atoms with Gasteiger partial charge in [-0.3, -0.25) is 4.79 Å². The second-order valence-electron chi connectivity index (χ2n) is 3.61. The smallest absolute Gasteiger partial charge is 0.306 e. The number of hydrogen-bond acceptors (Lipinski definition) is 4. The van der Waals surface area contributed by atoms with E-state index in [1.807, 2.05) is 13.8 Å². The third kappa shape index (κ3) is 5.90. The van der Waals surface area contributed by atoms with Gasteiger partial charge in [0.15, 0.2) is 0 Å². The van der Waals surface area contributed by atoms with Crippen LogP contribution in [0.4, 0.5) is 0 Å². The predicted molar refractivity (Wildman–Crippen MR) is 52.0 cm³/mol. The summed E-state index contributed by atoms with van der Waals surface area (Å²) in [6, 6.07) is 0.0587. The molecule has 0 heterocycles. The van der Waals surface area contributed by atoms with Gasteiger partial charge in [0.1, 0.15) is 0 Å². The first kappa shape index (κ1) is 13.4. The number of hydrogen-bond donors (Lipinski definition) is 4. The zero-order chi connectivity index (χ0) is 11.1. The van der Waals surface area contributed by atoms with E-state index in [0.29, 0.717) is 0 Å². The lowest BCUT2D eigenvalue weighted by molar-refractivity contribution is -0.139. The maximum atomic E-state index is 10.2. The minimum absolute atomic E-state index is 0.0587. The number of carbonyl (C=O) groups is 1. The van der Waals surface area contributed by atoms with Crippen LogP contribution >= 0.6 is 0 Å². The molecule has 0 rings (SSSR count). The van der Waals surface area contributed by atoms with E-state index in [0.717, 1.165) is 0 Å². The van der Waals surface area contributed by atoms with Crippen LogP contribution in [0.25, 0.3) is 0 Å². The number of carboxylic acids is 1. The summed E-state index contributed by atoms with van der Waals surface area (Å²) in [5, 5.41) is 29.4. The van der Waals surface area contributed by atoms with E-state index in [2.05, 4.69) is 5.32 Å². The Labute approximate surface area is 83.8 Å². The van der Waals surface area contributed by atoms with Crippen molar-refractivity contribution < 1.29 is 20.1 Å². The number of rotatable bonds is 7. The highest BCUT2D eigenvalue weighted by atomic mass is 16.4. The molecule has 0 spiro atoms. The summed E-state index contributed by atoms with van der Waals surface area (Å²) in [5.74, 6) is -0.922. The lowest BCUT2D eigenvalue weighted by atomic mass is 10.0. The van der Waals surface area contributed by atoms with Gasteiger partial charge in [-0.25, -0.2) is 0 Å². The zero-order valence-electron chi connectivity index (χ0n) is 8.60. The summed E-state index contributed by atoms with van der Waals surface area (Å²) in [7, 11) is 0. The van der Waals surface area contributed by atoms with Gasteiger partial charge in [-0.15, -0.1) is 0 Å². The van der Waals surface area contributed by atoms with Crippen LogP contribution in [0, 0.1) is 5.92 Å². The van der Waals surface area contributed by atoms with Gasteiger partial charge in [0, 0.05) is 19.2 Å². The molecule has 0 radical (unpaired) electrons. The monoisotopic (exact) mass is 205 g/mol. The molecule has 3 atom stereocenters. The Kier molecular flexibility index (Phi) is 6.44. The molecule has 0 amide bonds. The Hall–Kier alpha value is -0.650. The number of aliphatic carboxylic acids is 1. The van der Waals surface area contributed by atoms with Gasteiger partial charge < -0.3 is 20.6 Å². The van der Waals surface area contributed by atoms with Crippen LogP contribution in [0.5, 0.6) is 0 Å². The van der Waals surface area contributed by atoms with Crippen LogP contribution in [0.15, 0.2) is 0 Å². The van der Waals surface area contributed by atoms with E-state index in [1.54, 1.807) is 0 Å². The van der Waals surface area contributed by atoms with Crippen LogP contribution in [0.2, 0.25) is 0 Å². The fraction of sp³-hybridized carbons (Fsp3) is 0.889. The highest BCUT2D eigenvalue weighted by Crippen LogP contribution is 2.01. The molecule has 0 aliphatic carbocycles. The maximum Gasteiger partial charge on any atom is 0.306 e. The van der Waals surface area contributed by atoms with Crippen molar-refractivity contribution in [3.8, 4) is 0 Å². The molecule has 3 unspecified atom stereocenters. The molecule has 0 aliphatic rings. The van der Waals surface area contributed by atoms with Crippen LogP contribution in [0.1, 0.15) is 20.3 Å². The van der Waals surface area contributed by atoms with Gasteiger partial charge in [-0.1, -0.05) is 6.92 Å². The number of nitrogens with one attached hydrogen (secondary N) is 1. The summed E-state index contributed by atoms with van der Waals surface area (Å²) < 4.78 is 0. The van der Waals surface area contributed by atoms with Crippen LogP contribution < -0.4 is 5.32 Å². The fourth-order valence-corrected chi connectivity index (χ4v) is 0.955. The molecule has 4 N–H and O–H groups in total. The molecule has 0 aromatic rings. The minimum Gasteiger partial charge on any atom is -0.481 e. The van der Waals surface area contributed by atoms with Crippen molar-refractivity contribution in [1.29, 1.82) is 0 Å². The minimum atomic E-state index is -1.01. The highest BCUT2D eigenvalue weighted by Gasteiger charge is 2.14. The van der Waals surface area contributed by atoms with Gasteiger partial charge in [0.05, 0.1) is 12.5 Å². The van der Waals surface area contributed by atoms with Gasteiger partial charge >= 0.3 is 5.97 Å². The summed E-state index contributed by atoms with van der Waals surface area (Å²) in [6.45, 7) is 4.07. The summed E-state index contributed by atoms with van der Waals surface area (Å²) in [6.07, 6.45) is -1.13. The molecule has 0 saturated heterocycles. The quantitative estimate of drug-likeness (QED) is 0.447.